The van der Waals surface area contributed by atoms with E-state index in [1.165, 1.54) is 0 Å². The molecule has 1 aliphatic rings. The van der Waals surface area contributed by atoms with Crippen molar-refractivity contribution < 1.29 is 19.7 Å². The van der Waals surface area contributed by atoms with Crippen LogP contribution in [0.15, 0.2) is 24.3 Å². The smallest absolute Gasteiger partial charge is 0.121 e. The highest BCUT2D eigenvalue weighted by atomic mass is 16.5. The van der Waals surface area contributed by atoms with Crippen LogP contribution < -0.4 is 10.5 Å². The number of nitrogens with zero attached hydrogens (tertiary/aromatic N) is 1. The highest BCUT2D eigenvalue weighted by Crippen LogP contribution is 2.15. The van der Waals surface area contributed by atoms with Crippen molar-refractivity contribution in [1.82, 2.24) is 4.90 Å². The summed E-state index contributed by atoms with van der Waals surface area (Å²) in [5, 5.41) is 19.3. The van der Waals surface area contributed by atoms with Crippen LogP contribution in [-0.2, 0) is 4.74 Å². The largest absolute Gasteiger partial charge is 0.491 e. The third kappa shape index (κ3) is 5.17. The molecule has 1 saturated heterocycles. The number of benzene rings is 1. The Labute approximate surface area is 125 Å². The molecule has 1 fully saturated rings. The van der Waals surface area contributed by atoms with Gasteiger partial charge >= 0.3 is 0 Å². The fraction of sp³-hybridized carbons (Fsp3) is 0.600. The molecule has 0 radical (unpaired) electrons. The minimum Gasteiger partial charge on any atom is -0.491 e. The van der Waals surface area contributed by atoms with Crippen LogP contribution in [0.3, 0.4) is 0 Å². The molecule has 1 aromatic carbocycles. The van der Waals surface area contributed by atoms with E-state index in [1.54, 1.807) is 12.1 Å². The van der Waals surface area contributed by atoms with Gasteiger partial charge in [0.2, 0.25) is 0 Å². The predicted molar refractivity (Wildman–Crippen MR) is 80.2 cm³/mol. The molecule has 2 rings (SSSR count). The van der Waals surface area contributed by atoms with Gasteiger partial charge in [0.05, 0.1) is 18.8 Å². The molecule has 1 aliphatic heterocycles. The van der Waals surface area contributed by atoms with Crippen LogP contribution in [0.4, 0.5) is 5.69 Å². The maximum atomic E-state index is 10.1. The summed E-state index contributed by atoms with van der Waals surface area (Å²) in [6, 6.07) is 7.13. The van der Waals surface area contributed by atoms with Crippen LogP contribution >= 0.6 is 0 Å². The predicted octanol–water partition coefficient (Wildman–Crippen LogP) is 0.0901. The van der Waals surface area contributed by atoms with E-state index in [9.17, 15) is 10.2 Å². The number of morpholine rings is 1. The molecular weight excluding hydrogens is 272 g/mol. The summed E-state index contributed by atoms with van der Waals surface area (Å²) in [7, 11) is 0. The van der Waals surface area contributed by atoms with Crippen molar-refractivity contribution in [2.75, 3.05) is 38.6 Å². The fourth-order valence-electron chi connectivity index (χ4n) is 2.54. The van der Waals surface area contributed by atoms with Gasteiger partial charge in [-0.05, 0) is 19.1 Å². The van der Waals surface area contributed by atoms with E-state index in [4.69, 9.17) is 15.2 Å². The maximum absolute atomic E-state index is 10.1. The van der Waals surface area contributed by atoms with Gasteiger partial charge in [-0.1, -0.05) is 6.07 Å². The summed E-state index contributed by atoms with van der Waals surface area (Å²) in [6.07, 6.45) is -0.732. The number of aliphatic hydroxyl groups is 2. The lowest BCUT2D eigenvalue weighted by Gasteiger charge is -2.36. The summed E-state index contributed by atoms with van der Waals surface area (Å²) in [5.41, 5.74) is 6.31. The number of nitrogens with two attached hydrogens (primary N) is 1. The molecule has 6 nitrogen and oxygen atoms in total. The second-order valence-electron chi connectivity index (χ2n) is 5.51. The van der Waals surface area contributed by atoms with Crippen LogP contribution in [0.2, 0.25) is 0 Å². The number of anilines is 1. The summed E-state index contributed by atoms with van der Waals surface area (Å²) in [5.74, 6) is 0.651. The van der Waals surface area contributed by atoms with Crippen LogP contribution in [0.25, 0.3) is 0 Å². The first-order valence-electron chi connectivity index (χ1n) is 7.22. The first-order chi connectivity index (χ1) is 10.1. The third-order valence-electron chi connectivity index (χ3n) is 3.37. The van der Waals surface area contributed by atoms with Crippen molar-refractivity contribution in [3.8, 4) is 5.75 Å². The Hall–Kier alpha value is -1.34. The van der Waals surface area contributed by atoms with E-state index in [-0.39, 0.29) is 25.4 Å². The topological polar surface area (TPSA) is 88.2 Å². The minimum atomic E-state index is -0.601. The summed E-state index contributed by atoms with van der Waals surface area (Å²) >= 11 is 0. The molecule has 1 heterocycles. The van der Waals surface area contributed by atoms with Crippen molar-refractivity contribution in [1.29, 1.82) is 0 Å². The highest BCUT2D eigenvalue weighted by Gasteiger charge is 2.26. The first-order valence-corrected chi connectivity index (χ1v) is 7.22. The van der Waals surface area contributed by atoms with E-state index in [0.29, 0.717) is 24.5 Å². The SMILES string of the molecule is CC1CN(CC(O)COc2cccc(N)c2)CC(CO)O1. The number of ether oxygens (including phenoxy) is 2. The fourth-order valence-corrected chi connectivity index (χ4v) is 2.54. The molecule has 3 unspecified atom stereocenters. The van der Waals surface area contributed by atoms with Gasteiger partial charge < -0.3 is 25.4 Å². The Morgan fingerprint density at radius 1 is 1.48 bits per heavy atom. The van der Waals surface area contributed by atoms with Gasteiger partial charge in [-0.15, -0.1) is 0 Å². The van der Waals surface area contributed by atoms with Crippen LogP contribution in [0, 0.1) is 0 Å². The molecule has 118 valence electrons. The quantitative estimate of drug-likeness (QED) is 0.645. The molecule has 0 spiro atoms. The first kappa shape index (κ1) is 16.0. The van der Waals surface area contributed by atoms with Gasteiger partial charge in [0.15, 0.2) is 0 Å². The molecule has 21 heavy (non-hydrogen) atoms. The summed E-state index contributed by atoms with van der Waals surface area (Å²) < 4.78 is 11.1. The highest BCUT2D eigenvalue weighted by molar-refractivity contribution is 5.43. The van der Waals surface area contributed by atoms with Gasteiger partial charge in [0.1, 0.15) is 18.5 Å². The number of nitrogen functional groups attached to an aromatic ring is 1. The van der Waals surface area contributed by atoms with Crippen molar-refractivity contribution in [3.63, 3.8) is 0 Å². The van der Waals surface area contributed by atoms with Gasteiger partial charge in [-0.3, -0.25) is 4.90 Å². The van der Waals surface area contributed by atoms with E-state index in [1.807, 2.05) is 19.1 Å². The normalized spacial score (nSPS) is 24.7. The molecular formula is C15H24N2O4. The second-order valence-corrected chi connectivity index (χ2v) is 5.51. The lowest BCUT2D eigenvalue weighted by atomic mass is 10.2. The van der Waals surface area contributed by atoms with E-state index < -0.39 is 6.10 Å². The van der Waals surface area contributed by atoms with E-state index >= 15 is 0 Å². The molecule has 0 bridgehead atoms. The number of hydrogen-bond acceptors (Lipinski definition) is 6. The van der Waals surface area contributed by atoms with Crippen molar-refractivity contribution in [2.24, 2.45) is 0 Å². The van der Waals surface area contributed by atoms with Gasteiger partial charge in [-0.2, -0.15) is 0 Å². The Bertz CT molecular complexity index is 443. The monoisotopic (exact) mass is 296 g/mol. The molecule has 0 saturated carbocycles. The van der Waals surface area contributed by atoms with Crippen LogP contribution in [-0.4, -0.2) is 66.3 Å². The molecule has 0 aliphatic carbocycles. The Balaban J connectivity index is 1.77. The third-order valence-corrected chi connectivity index (χ3v) is 3.37. The van der Waals surface area contributed by atoms with Gasteiger partial charge in [0, 0.05) is 31.4 Å². The summed E-state index contributed by atoms with van der Waals surface area (Å²) in [6.45, 7) is 4.02. The average Bonchev–Trinajstić information content (AvgIpc) is 2.44. The standard InChI is InChI=1S/C15H24N2O4/c1-11-6-17(8-15(9-18)21-11)7-13(19)10-20-14-4-2-3-12(16)5-14/h2-5,11,13,15,18-19H,6-10,16H2,1H3. The van der Waals surface area contributed by atoms with Gasteiger partial charge in [-0.25, -0.2) is 0 Å². The molecule has 4 N–H and O–H groups in total. The van der Waals surface area contributed by atoms with Crippen molar-refractivity contribution in [2.45, 2.75) is 25.2 Å². The van der Waals surface area contributed by atoms with Crippen LogP contribution in [0.1, 0.15) is 6.92 Å². The zero-order valence-electron chi connectivity index (χ0n) is 12.3. The van der Waals surface area contributed by atoms with E-state index in [2.05, 4.69) is 4.90 Å². The van der Waals surface area contributed by atoms with Crippen molar-refractivity contribution >= 4 is 5.69 Å². The number of β-amino-alcohol motifs (C(OH)–C–C–N with tert-alkyl or cyclic N) is 1. The maximum Gasteiger partial charge on any atom is 0.121 e. The van der Waals surface area contributed by atoms with Gasteiger partial charge in [0.25, 0.3) is 0 Å². The number of hydrogen-bond donors (Lipinski definition) is 3. The van der Waals surface area contributed by atoms with E-state index in [0.717, 1.165) is 6.54 Å². The summed E-state index contributed by atoms with van der Waals surface area (Å²) in [4.78, 5) is 2.09. The molecule has 0 amide bonds. The average molecular weight is 296 g/mol. The lowest BCUT2D eigenvalue weighted by Crippen LogP contribution is -2.50. The lowest BCUT2D eigenvalue weighted by molar-refractivity contribution is -0.103. The Morgan fingerprint density at radius 2 is 2.29 bits per heavy atom. The number of aliphatic hydroxyl groups excluding tert-OH is 2. The molecule has 6 heteroatoms. The zero-order valence-corrected chi connectivity index (χ0v) is 12.3. The molecule has 1 aromatic rings. The molecule has 0 aromatic heterocycles. The second kappa shape index (κ2) is 7.61. The minimum absolute atomic E-state index is 0.00325. The zero-order chi connectivity index (χ0) is 15.2. The van der Waals surface area contributed by atoms with Crippen molar-refractivity contribution in [3.05, 3.63) is 24.3 Å². The number of rotatable bonds is 6. The Kier molecular flexibility index (Phi) is 5.81. The van der Waals surface area contributed by atoms with Crippen LogP contribution in [0.5, 0.6) is 5.75 Å². The Morgan fingerprint density at radius 3 is 3.00 bits per heavy atom. The molecule has 3 atom stereocenters.